The molecule has 0 fully saturated rings. The molecule has 0 amide bonds. The van der Waals surface area contributed by atoms with Crippen molar-refractivity contribution in [3.63, 3.8) is 0 Å². The van der Waals surface area contributed by atoms with Crippen LogP contribution in [0.3, 0.4) is 0 Å². The van der Waals surface area contributed by atoms with Crippen molar-refractivity contribution >= 4 is 184 Å². The molecule has 19 rings (SSSR count). The van der Waals surface area contributed by atoms with Crippen LogP contribution in [0.15, 0.2) is 259 Å². The smallest absolute Gasteiger partial charge is 0.147 e. The highest BCUT2D eigenvalue weighted by atomic mass is 79.9. The molecule has 8 aromatic heterocycles. The van der Waals surface area contributed by atoms with Crippen LogP contribution < -0.4 is 0 Å². The number of hydrogen-bond acceptors (Lipinski definition) is 6. The summed E-state index contributed by atoms with van der Waals surface area (Å²) in [4.78, 5) is 18.8. The number of aliphatic imine (C=N–C) groups is 1. The number of aromatic nitrogens is 6. The summed E-state index contributed by atoms with van der Waals surface area (Å²) in [6.07, 6.45) is 4.44. The predicted molar refractivity (Wildman–Crippen MR) is 360 cm³/mol. The molecule has 0 N–H and O–H groups in total. The third kappa shape index (κ3) is 7.82. The lowest BCUT2D eigenvalue weighted by Gasteiger charge is -2.11. The van der Waals surface area contributed by atoms with Crippen molar-refractivity contribution in [2.75, 3.05) is 0 Å². The molecular formula is C73H43BrClN7S2. The molecule has 0 spiro atoms. The van der Waals surface area contributed by atoms with Gasteiger partial charge in [0, 0.05) is 103 Å². The Hall–Kier alpha value is -9.55. The SMILES string of the molecule is Clc1cccnc1Br.c1ccc(-n2c3cc(C4=Nc5ccccc5C4)ccc3c3cc4sc5ccccc5c4cc32)cc1.c1ccc(-n2c3cc4c(cc3c3cc5c6cccnc6n6c7ccccc7nc6c5cc32)sc2ccccc24)cc1. The minimum Gasteiger partial charge on any atom is -0.309 e. The molecule has 10 aromatic carbocycles. The Labute approximate surface area is 501 Å². The van der Waals surface area contributed by atoms with Crippen LogP contribution in [-0.2, 0) is 6.42 Å². The lowest BCUT2D eigenvalue weighted by Crippen LogP contribution is -2.01. The van der Waals surface area contributed by atoms with Gasteiger partial charge in [0.2, 0.25) is 0 Å². The normalized spacial score (nSPS) is 12.4. The first-order valence-corrected chi connectivity index (χ1v) is 30.6. The van der Waals surface area contributed by atoms with Crippen molar-refractivity contribution < 1.29 is 0 Å². The summed E-state index contributed by atoms with van der Waals surface area (Å²) in [5.41, 5.74) is 15.8. The molecule has 0 aliphatic carbocycles. The van der Waals surface area contributed by atoms with Gasteiger partial charge in [0.15, 0.2) is 0 Å². The Morgan fingerprint density at radius 3 is 1.62 bits per heavy atom. The minimum atomic E-state index is 0.646. The van der Waals surface area contributed by atoms with E-state index in [1.165, 1.54) is 106 Å². The third-order valence-corrected chi connectivity index (χ3v) is 19.9. The number of nitrogens with zero attached hydrogens (tertiary/aromatic N) is 7. The molecular weight excluding hydrogens is 1150 g/mol. The number of halogens is 2. The van der Waals surface area contributed by atoms with E-state index < -0.39 is 0 Å². The van der Waals surface area contributed by atoms with E-state index in [-0.39, 0.29) is 0 Å². The van der Waals surface area contributed by atoms with Crippen LogP contribution in [0.2, 0.25) is 5.02 Å². The van der Waals surface area contributed by atoms with Crippen LogP contribution in [-0.4, -0.2) is 34.2 Å². The Bertz CT molecular complexity index is 5740. The zero-order chi connectivity index (χ0) is 55.6. The van der Waals surface area contributed by atoms with Gasteiger partial charge in [0.05, 0.1) is 49.5 Å². The van der Waals surface area contributed by atoms with E-state index >= 15 is 0 Å². The fourth-order valence-electron chi connectivity index (χ4n) is 12.7. The van der Waals surface area contributed by atoms with Crippen LogP contribution in [0.5, 0.6) is 0 Å². The first-order valence-electron chi connectivity index (χ1n) is 27.8. The van der Waals surface area contributed by atoms with E-state index in [0.29, 0.717) is 9.63 Å². The molecule has 84 heavy (non-hydrogen) atoms. The van der Waals surface area contributed by atoms with Crippen molar-refractivity contribution in [3.05, 3.63) is 270 Å². The van der Waals surface area contributed by atoms with Crippen molar-refractivity contribution in [2.24, 2.45) is 4.99 Å². The van der Waals surface area contributed by atoms with Gasteiger partial charge in [-0.3, -0.25) is 9.39 Å². The summed E-state index contributed by atoms with van der Waals surface area (Å²) < 4.78 is 13.1. The average molecular weight is 1200 g/mol. The second-order valence-corrected chi connectivity index (χ2v) is 24.5. The van der Waals surface area contributed by atoms with Gasteiger partial charge < -0.3 is 9.13 Å². The van der Waals surface area contributed by atoms with Gasteiger partial charge in [0.25, 0.3) is 0 Å². The Morgan fingerprint density at radius 2 is 0.952 bits per heavy atom. The molecule has 9 heterocycles. The maximum atomic E-state index is 5.60. The van der Waals surface area contributed by atoms with Crippen molar-refractivity contribution in [1.29, 1.82) is 0 Å². The molecule has 0 saturated carbocycles. The van der Waals surface area contributed by atoms with Gasteiger partial charge in [-0.05, 0) is 154 Å². The quantitative estimate of drug-likeness (QED) is 0.131. The number of para-hydroxylation sites is 5. The minimum absolute atomic E-state index is 0.646. The summed E-state index contributed by atoms with van der Waals surface area (Å²) in [5, 5.41) is 14.4. The van der Waals surface area contributed by atoms with E-state index in [2.05, 4.69) is 247 Å². The fourth-order valence-corrected chi connectivity index (χ4v) is 15.3. The van der Waals surface area contributed by atoms with Gasteiger partial charge in [-0.25, -0.2) is 15.0 Å². The highest BCUT2D eigenvalue weighted by Crippen LogP contribution is 2.45. The van der Waals surface area contributed by atoms with Crippen LogP contribution in [0.4, 0.5) is 5.69 Å². The van der Waals surface area contributed by atoms with Gasteiger partial charge >= 0.3 is 0 Å². The zero-order valence-corrected chi connectivity index (χ0v) is 48.6. The van der Waals surface area contributed by atoms with Gasteiger partial charge in [0.1, 0.15) is 15.9 Å². The first kappa shape index (κ1) is 49.1. The number of rotatable bonds is 3. The van der Waals surface area contributed by atoms with Crippen molar-refractivity contribution in [2.45, 2.75) is 6.42 Å². The number of fused-ring (bicyclic) bond motifs is 21. The molecule has 0 bridgehead atoms. The van der Waals surface area contributed by atoms with Crippen LogP contribution in [0.1, 0.15) is 11.1 Å². The second-order valence-electron chi connectivity index (χ2n) is 21.2. The molecule has 7 nitrogen and oxygen atoms in total. The molecule has 0 atom stereocenters. The lowest BCUT2D eigenvalue weighted by atomic mass is 10.0. The van der Waals surface area contributed by atoms with Crippen molar-refractivity contribution in [1.82, 2.24) is 28.5 Å². The largest absolute Gasteiger partial charge is 0.309 e. The Balaban J connectivity index is 0.000000118. The molecule has 0 saturated heterocycles. The second kappa shape index (κ2) is 19.5. The Kier molecular flexibility index (Phi) is 11.4. The zero-order valence-electron chi connectivity index (χ0n) is 44.6. The van der Waals surface area contributed by atoms with E-state index in [4.69, 9.17) is 26.6 Å². The van der Waals surface area contributed by atoms with Crippen molar-refractivity contribution in [3.8, 4) is 11.4 Å². The highest BCUT2D eigenvalue weighted by Gasteiger charge is 2.23. The first-order chi connectivity index (χ1) is 41.5. The van der Waals surface area contributed by atoms with Gasteiger partial charge in [-0.15, -0.1) is 22.7 Å². The monoisotopic (exact) mass is 1200 g/mol. The number of benzene rings is 10. The summed E-state index contributed by atoms with van der Waals surface area (Å²) in [6.45, 7) is 0. The molecule has 0 unspecified atom stereocenters. The molecule has 396 valence electrons. The fraction of sp³-hybridized carbons (Fsp3) is 0.0137. The van der Waals surface area contributed by atoms with Gasteiger partial charge in [-0.1, -0.05) is 127 Å². The van der Waals surface area contributed by atoms with Crippen LogP contribution >= 0.6 is 50.2 Å². The maximum absolute atomic E-state index is 5.60. The topological polar surface area (TPSA) is 65.3 Å². The highest BCUT2D eigenvalue weighted by molar-refractivity contribution is 9.10. The maximum Gasteiger partial charge on any atom is 0.147 e. The predicted octanol–water partition coefficient (Wildman–Crippen LogP) is 21.0. The molecule has 18 aromatic rings. The van der Waals surface area contributed by atoms with E-state index in [0.717, 1.165) is 56.6 Å². The summed E-state index contributed by atoms with van der Waals surface area (Å²) in [7, 11) is 0. The van der Waals surface area contributed by atoms with E-state index in [9.17, 15) is 0 Å². The molecule has 1 aliphatic heterocycles. The number of imidazole rings is 1. The van der Waals surface area contributed by atoms with Crippen LogP contribution in [0, 0.1) is 0 Å². The van der Waals surface area contributed by atoms with Crippen LogP contribution in [0.25, 0.3) is 134 Å². The van der Waals surface area contributed by atoms with E-state index in [1.807, 2.05) is 41.0 Å². The molecule has 1 aliphatic rings. The third-order valence-electron chi connectivity index (χ3n) is 16.4. The molecule has 0 radical (unpaired) electrons. The lowest BCUT2D eigenvalue weighted by molar-refractivity contribution is 1.18. The average Bonchev–Trinajstić information content (AvgIpc) is 1.68. The standard InChI is InChI=1S/C36H20N4S.C32H20N2S.C5H3BrClN/c1-2-9-21(10-3-1)39-31-18-27-22-11-4-7-15-33(22)41-34(27)20-26(31)25-17-24-23-12-8-16-37-35(23)40-30-14-6-5-13-29(30)38-36(40)28(24)19-32(25)39;1-2-9-22(10-3-1)34-29-17-21(28-16-20-8-4-6-12-27(20)33-28)14-15-23(29)25-19-32-26(18-30(25)34)24-11-5-7-13-31(24)35-32;6-5-4(7)2-1-3-8-5/h1-20H;1-15,17-19H,16H2;1-3H. The Morgan fingerprint density at radius 1 is 0.393 bits per heavy atom. The summed E-state index contributed by atoms with van der Waals surface area (Å²) >= 11 is 12.5. The number of hydrogen-bond donors (Lipinski definition) is 0. The summed E-state index contributed by atoms with van der Waals surface area (Å²) in [5.74, 6) is 0. The van der Waals surface area contributed by atoms with E-state index in [1.54, 1.807) is 18.3 Å². The van der Waals surface area contributed by atoms with Gasteiger partial charge in [-0.2, -0.15) is 0 Å². The summed E-state index contributed by atoms with van der Waals surface area (Å²) in [6, 6.07) is 84.6. The number of pyridine rings is 3. The number of thiophene rings is 2. The molecule has 11 heteroatoms.